The fraction of sp³-hybridized carbons (Fsp3) is 0. The lowest BCUT2D eigenvalue weighted by atomic mass is 9.93. The van der Waals surface area contributed by atoms with Crippen molar-refractivity contribution >= 4 is 56.2 Å². The molecule has 1 aliphatic rings. The third-order valence-corrected chi connectivity index (χ3v) is 12.6. The highest BCUT2D eigenvalue weighted by atomic mass is 31.1. The molecule has 0 saturated heterocycles. The first-order valence-electron chi connectivity index (χ1n) is 16.9. The Balaban J connectivity index is 1.28. The monoisotopic (exact) mass is 638 g/mol. The van der Waals surface area contributed by atoms with Crippen LogP contribution in [0.4, 0.5) is 0 Å². The van der Waals surface area contributed by atoms with Gasteiger partial charge in [0.25, 0.3) is 0 Å². The lowest BCUT2D eigenvalue weighted by Gasteiger charge is -2.24. The molecule has 0 radical (unpaired) electrons. The van der Waals surface area contributed by atoms with Crippen LogP contribution in [0, 0.1) is 0 Å². The zero-order valence-corrected chi connectivity index (χ0v) is 27.7. The van der Waals surface area contributed by atoms with Crippen molar-refractivity contribution in [1.82, 2.24) is 0 Å². The van der Waals surface area contributed by atoms with Crippen molar-refractivity contribution in [3.63, 3.8) is 0 Å². The van der Waals surface area contributed by atoms with Crippen molar-refractivity contribution in [2.24, 2.45) is 0 Å². The Bertz CT molecular complexity index is 2620. The zero-order valence-electron chi connectivity index (χ0n) is 26.8. The highest BCUT2D eigenvalue weighted by molar-refractivity contribution is 7.80. The molecule has 0 spiro atoms. The number of benzene rings is 9. The Morgan fingerprint density at radius 3 is 1.43 bits per heavy atom. The molecule has 0 aromatic heterocycles. The predicted molar refractivity (Wildman–Crippen MR) is 213 cm³/mol. The van der Waals surface area contributed by atoms with E-state index in [0.717, 1.165) is 0 Å². The number of fused-ring (bicyclic) bond motifs is 7. The quantitative estimate of drug-likeness (QED) is 0.130. The SMILES string of the molecule is c1ccc(-c2cccc(P(c3cccc(-c4ccccc4)c3)c3cc4cc5c6c(cccc6c4c4ccccc34)-c3ccccc3-5)c2)cc1. The first-order chi connectivity index (χ1) is 24.3. The van der Waals surface area contributed by atoms with Gasteiger partial charge >= 0.3 is 0 Å². The minimum absolute atomic E-state index is 0.929. The van der Waals surface area contributed by atoms with Gasteiger partial charge in [-0.05, 0) is 125 Å². The molecule has 0 atom stereocenters. The largest absolute Gasteiger partial charge is 0.0622 e. The Labute approximate surface area is 287 Å². The van der Waals surface area contributed by atoms with E-state index in [1.807, 2.05) is 0 Å². The molecular formula is C48H31P. The number of rotatable bonds is 5. The van der Waals surface area contributed by atoms with Crippen LogP contribution in [0.1, 0.15) is 0 Å². The molecule has 0 nitrogen and oxygen atoms in total. The average Bonchev–Trinajstić information content (AvgIpc) is 3.50. The summed E-state index contributed by atoms with van der Waals surface area (Å²) in [5, 5.41) is 12.1. The molecule has 0 amide bonds. The molecule has 10 rings (SSSR count). The van der Waals surface area contributed by atoms with Gasteiger partial charge in [0.05, 0.1) is 0 Å². The van der Waals surface area contributed by atoms with Crippen molar-refractivity contribution in [2.45, 2.75) is 0 Å². The predicted octanol–water partition coefficient (Wildman–Crippen LogP) is 11.9. The Morgan fingerprint density at radius 2 is 0.776 bits per heavy atom. The van der Waals surface area contributed by atoms with Crippen LogP contribution in [0.15, 0.2) is 188 Å². The lowest BCUT2D eigenvalue weighted by molar-refractivity contribution is 1.63. The zero-order chi connectivity index (χ0) is 32.3. The van der Waals surface area contributed by atoms with Gasteiger partial charge in [0.15, 0.2) is 0 Å². The van der Waals surface area contributed by atoms with E-state index in [-0.39, 0.29) is 0 Å². The van der Waals surface area contributed by atoms with E-state index in [4.69, 9.17) is 0 Å². The van der Waals surface area contributed by atoms with Crippen LogP contribution >= 0.6 is 7.92 Å². The van der Waals surface area contributed by atoms with Gasteiger partial charge in [-0.2, -0.15) is 0 Å². The third-order valence-electron chi connectivity index (χ3n) is 10.1. The molecule has 49 heavy (non-hydrogen) atoms. The molecule has 0 saturated carbocycles. The van der Waals surface area contributed by atoms with Gasteiger partial charge in [-0.3, -0.25) is 0 Å². The average molecular weight is 639 g/mol. The molecule has 228 valence electrons. The van der Waals surface area contributed by atoms with Crippen molar-refractivity contribution < 1.29 is 0 Å². The van der Waals surface area contributed by atoms with Gasteiger partial charge in [0.2, 0.25) is 0 Å². The molecule has 1 heteroatoms. The van der Waals surface area contributed by atoms with Crippen LogP contribution in [0.3, 0.4) is 0 Å². The molecule has 0 bridgehead atoms. The molecule has 9 aromatic carbocycles. The van der Waals surface area contributed by atoms with Crippen LogP contribution in [-0.2, 0) is 0 Å². The smallest absolute Gasteiger partial charge is 0.00197 e. The van der Waals surface area contributed by atoms with Crippen LogP contribution in [0.25, 0.3) is 76.8 Å². The molecule has 0 N–H and O–H groups in total. The van der Waals surface area contributed by atoms with E-state index in [9.17, 15) is 0 Å². The molecular weight excluding hydrogens is 608 g/mol. The van der Waals surface area contributed by atoms with Gasteiger partial charge in [-0.15, -0.1) is 0 Å². The van der Waals surface area contributed by atoms with Gasteiger partial charge in [0, 0.05) is 0 Å². The second-order valence-electron chi connectivity index (χ2n) is 12.9. The third kappa shape index (κ3) is 4.56. The van der Waals surface area contributed by atoms with Crippen molar-refractivity contribution in [1.29, 1.82) is 0 Å². The topological polar surface area (TPSA) is 0 Å². The van der Waals surface area contributed by atoms with Crippen LogP contribution in [0.5, 0.6) is 0 Å². The second-order valence-corrected chi connectivity index (χ2v) is 15.1. The molecule has 0 heterocycles. The highest BCUT2D eigenvalue weighted by Crippen LogP contribution is 2.51. The van der Waals surface area contributed by atoms with Crippen molar-refractivity contribution in [3.8, 4) is 44.5 Å². The molecule has 0 fully saturated rings. The van der Waals surface area contributed by atoms with E-state index in [2.05, 4.69) is 188 Å². The summed E-state index contributed by atoms with van der Waals surface area (Å²) < 4.78 is 0. The van der Waals surface area contributed by atoms with Gasteiger partial charge in [-0.1, -0.05) is 164 Å². The van der Waals surface area contributed by atoms with Gasteiger partial charge < -0.3 is 0 Å². The van der Waals surface area contributed by atoms with Crippen LogP contribution in [0.2, 0.25) is 0 Å². The van der Waals surface area contributed by atoms with Crippen molar-refractivity contribution in [2.75, 3.05) is 0 Å². The minimum atomic E-state index is -0.929. The minimum Gasteiger partial charge on any atom is -0.0622 e. The maximum Gasteiger partial charge on any atom is -0.00197 e. The van der Waals surface area contributed by atoms with E-state index in [0.29, 0.717) is 0 Å². The summed E-state index contributed by atoms with van der Waals surface area (Å²) >= 11 is 0. The van der Waals surface area contributed by atoms with E-state index >= 15 is 0 Å². The van der Waals surface area contributed by atoms with Crippen LogP contribution in [-0.4, -0.2) is 0 Å². The van der Waals surface area contributed by atoms with E-state index in [1.165, 1.54) is 92.7 Å². The summed E-state index contributed by atoms with van der Waals surface area (Å²) in [6, 6.07) is 69.9. The van der Waals surface area contributed by atoms with Gasteiger partial charge in [-0.25, -0.2) is 0 Å². The standard InChI is InChI=1S/C48H31P/c1-3-14-32(15-4-1)34-18-11-20-37(28-34)49(38-21-12-19-35(29-38)33-16-5-2-6-17-33)46-31-36-30-45-40-23-8-7-22-39(40)42-26-13-27-44(48(42)45)47(36)43-25-10-9-24-41(43)46/h1-31H. The fourth-order valence-corrected chi connectivity index (χ4v) is 10.5. The Morgan fingerprint density at radius 1 is 0.286 bits per heavy atom. The molecule has 0 unspecified atom stereocenters. The van der Waals surface area contributed by atoms with Crippen LogP contribution < -0.4 is 15.9 Å². The van der Waals surface area contributed by atoms with Crippen molar-refractivity contribution in [3.05, 3.63) is 188 Å². The maximum absolute atomic E-state index is 2.53. The Hall–Kier alpha value is -5.81. The first-order valence-corrected chi connectivity index (χ1v) is 18.3. The van der Waals surface area contributed by atoms with E-state index < -0.39 is 7.92 Å². The second kappa shape index (κ2) is 11.4. The molecule has 1 aliphatic carbocycles. The maximum atomic E-state index is 2.53. The number of hydrogen-bond donors (Lipinski definition) is 0. The normalized spacial score (nSPS) is 11.9. The number of hydrogen-bond acceptors (Lipinski definition) is 0. The van der Waals surface area contributed by atoms with E-state index in [1.54, 1.807) is 0 Å². The first kappa shape index (κ1) is 28.2. The van der Waals surface area contributed by atoms with Gasteiger partial charge in [0.1, 0.15) is 0 Å². The Kier molecular flexibility index (Phi) is 6.57. The fourth-order valence-electron chi connectivity index (χ4n) is 7.98. The summed E-state index contributed by atoms with van der Waals surface area (Å²) in [6.07, 6.45) is 0. The summed E-state index contributed by atoms with van der Waals surface area (Å²) in [6.45, 7) is 0. The summed E-state index contributed by atoms with van der Waals surface area (Å²) in [7, 11) is -0.929. The lowest BCUT2D eigenvalue weighted by Crippen LogP contribution is -2.22. The molecule has 0 aliphatic heterocycles. The highest BCUT2D eigenvalue weighted by Gasteiger charge is 2.26. The summed E-state index contributed by atoms with van der Waals surface area (Å²) in [4.78, 5) is 0. The molecule has 9 aromatic rings. The summed E-state index contributed by atoms with van der Waals surface area (Å²) in [5.41, 5.74) is 10.3. The summed E-state index contributed by atoms with van der Waals surface area (Å²) in [5.74, 6) is 0.